The number of hydrogen-bond acceptors (Lipinski definition) is 5. The van der Waals surface area contributed by atoms with Gasteiger partial charge in [0.1, 0.15) is 0 Å². The molecule has 0 unspecified atom stereocenters. The number of carbonyl (C=O) groups excluding carboxylic acids is 1. The molecule has 20 heavy (non-hydrogen) atoms. The molecule has 1 rings (SSSR count). The maximum atomic E-state index is 12.0. The third-order valence-electron chi connectivity index (χ3n) is 2.87. The second kappa shape index (κ2) is 6.84. The van der Waals surface area contributed by atoms with Crippen LogP contribution in [0.15, 0.2) is 0 Å². The number of ether oxygens (including phenoxy) is 1. The van der Waals surface area contributed by atoms with Gasteiger partial charge >= 0.3 is 16.2 Å². The van der Waals surface area contributed by atoms with Crippen molar-refractivity contribution in [2.45, 2.75) is 46.1 Å². The van der Waals surface area contributed by atoms with Crippen LogP contribution in [-0.4, -0.2) is 44.0 Å². The zero-order chi connectivity index (χ0) is 15.4. The van der Waals surface area contributed by atoms with E-state index in [4.69, 9.17) is 9.57 Å². The van der Waals surface area contributed by atoms with Crippen LogP contribution in [0.5, 0.6) is 0 Å². The smallest absolute Gasteiger partial charge is 0.309 e. The predicted molar refractivity (Wildman–Crippen MR) is 73.8 cm³/mol. The van der Waals surface area contributed by atoms with Gasteiger partial charge < -0.3 is 4.74 Å². The summed E-state index contributed by atoms with van der Waals surface area (Å²) in [6.45, 7) is 7.93. The highest BCUT2D eigenvalue weighted by molar-refractivity contribution is 7.87. The van der Waals surface area contributed by atoms with Gasteiger partial charge in [0, 0.05) is 13.1 Å². The average Bonchev–Trinajstić information content (AvgIpc) is 2.36. The molecule has 118 valence electrons. The number of carbonyl (C=O) groups is 1. The molecule has 1 saturated heterocycles. The van der Waals surface area contributed by atoms with Gasteiger partial charge in [-0.15, -0.1) is 0 Å². The van der Waals surface area contributed by atoms with E-state index in [1.54, 1.807) is 27.7 Å². The highest BCUT2D eigenvalue weighted by atomic mass is 32.2. The Balaban J connectivity index is 2.50. The third-order valence-corrected chi connectivity index (χ3v) is 4.21. The fourth-order valence-corrected chi connectivity index (χ4v) is 2.97. The largest absolute Gasteiger partial charge is 0.466 e. The van der Waals surface area contributed by atoms with Crippen LogP contribution < -0.4 is 4.89 Å². The van der Waals surface area contributed by atoms with E-state index < -0.39 is 15.8 Å². The Morgan fingerprint density at radius 1 is 1.30 bits per heavy atom. The van der Waals surface area contributed by atoms with Gasteiger partial charge in [0.25, 0.3) is 0 Å². The maximum Gasteiger partial charge on any atom is 0.309 e. The molecule has 0 saturated carbocycles. The number of hydrogen-bond donors (Lipinski definition) is 1. The molecule has 1 N–H and O–H groups in total. The fourth-order valence-electron chi connectivity index (χ4n) is 1.82. The predicted octanol–water partition coefficient (Wildman–Crippen LogP) is 0.826. The number of piperidine rings is 1. The van der Waals surface area contributed by atoms with Crippen molar-refractivity contribution in [3.05, 3.63) is 0 Å². The first-order valence-electron chi connectivity index (χ1n) is 6.77. The highest BCUT2D eigenvalue weighted by Gasteiger charge is 2.32. The normalized spacial score (nSPS) is 19.0. The zero-order valence-corrected chi connectivity index (χ0v) is 13.3. The van der Waals surface area contributed by atoms with Crippen molar-refractivity contribution in [1.29, 1.82) is 0 Å². The minimum atomic E-state index is -3.67. The summed E-state index contributed by atoms with van der Waals surface area (Å²) in [6, 6.07) is 0. The molecule has 0 spiro atoms. The van der Waals surface area contributed by atoms with E-state index >= 15 is 0 Å². The Morgan fingerprint density at radius 3 is 2.30 bits per heavy atom. The summed E-state index contributed by atoms with van der Waals surface area (Å²) in [5, 5.41) is 0. The van der Waals surface area contributed by atoms with E-state index in [9.17, 15) is 13.2 Å². The molecular formula is C12H24N2O5S. The van der Waals surface area contributed by atoms with Crippen LogP contribution in [-0.2, 0) is 24.6 Å². The lowest BCUT2D eigenvalue weighted by Crippen LogP contribution is -2.47. The highest BCUT2D eigenvalue weighted by Crippen LogP contribution is 2.20. The zero-order valence-electron chi connectivity index (χ0n) is 12.5. The van der Waals surface area contributed by atoms with Gasteiger partial charge in [-0.3, -0.25) is 9.63 Å². The van der Waals surface area contributed by atoms with E-state index in [1.807, 2.05) is 0 Å². The lowest BCUT2D eigenvalue weighted by Gasteiger charge is -2.30. The third kappa shape index (κ3) is 5.35. The van der Waals surface area contributed by atoms with Crippen LogP contribution in [0, 0.1) is 5.92 Å². The summed E-state index contributed by atoms with van der Waals surface area (Å²) in [5.74, 6) is -0.464. The van der Waals surface area contributed by atoms with Crippen LogP contribution in [0.3, 0.4) is 0 Å². The van der Waals surface area contributed by atoms with Crippen molar-refractivity contribution in [3.8, 4) is 0 Å². The Labute approximate surface area is 120 Å². The van der Waals surface area contributed by atoms with Gasteiger partial charge in [0.2, 0.25) is 0 Å². The summed E-state index contributed by atoms with van der Waals surface area (Å²) in [5.41, 5.74) is -0.601. The molecule has 0 aromatic heterocycles. The molecule has 0 aromatic carbocycles. The second-order valence-electron chi connectivity index (χ2n) is 5.73. The minimum Gasteiger partial charge on any atom is -0.466 e. The monoisotopic (exact) mass is 308 g/mol. The lowest BCUT2D eigenvalue weighted by molar-refractivity contribution is -0.149. The number of nitrogens with one attached hydrogen (secondary N) is 1. The van der Waals surface area contributed by atoms with Crippen molar-refractivity contribution in [1.82, 2.24) is 9.19 Å². The van der Waals surface area contributed by atoms with Crippen molar-refractivity contribution in [2.75, 3.05) is 19.7 Å². The molecule has 7 nitrogen and oxygen atoms in total. The van der Waals surface area contributed by atoms with Gasteiger partial charge in [-0.25, -0.2) is 0 Å². The molecule has 1 heterocycles. The van der Waals surface area contributed by atoms with Gasteiger partial charge in [-0.05, 0) is 40.5 Å². The van der Waals surface area contributed by atoms with E-state index in [1.165, 1.54) is 4.31 Å². The number of esters is 1. The first kappa shape index (κ1) is 17.4. The summed E-state index contributed by atoms with van der Waals surface area (Å²) in [4.78, 5) is 18.8. The van der Waals surface area contributed by atoms with Crippen molar-refractivity contribution >= 4 is 16.2 Å². The molecule has 0 aliphatic carbocycles. The van der Waals surface area contributed by atoms with Crippen molar-refractivity contribution in [3.63, 3.8) is 0 Å². The SMILES string of the molecule is CCOC(=O)C1CCN(S(=O)(=O)NOC(C)(C)C)CC1. The van der Waals surface area contributed by atoms with Gasteiger partial charge in [0.15, 0.2) is 0 Å². The molecule has 0 aromatic rings. The molecule has 1 aliphatic heterocycles. The van der Waals surface area contributed by atoms with E-state index in [0.717, 1.165) is 0 Å². The van der Waals surface area contributed by atoms with Gasteiger partial charge in [-0.1, -0.05) is 4.89 Å². The fraction of sp³-hybridized carbons (Fsp3) is 0.917. The van der Waals surface area contributed by atoms with Crippen molar-refractivity contribution < 1.29 is 22.8 Å². The maximum absolute atomic E-state index is 12.0. The second-order valence-corrected chi connectivity index (χ2v) is 7.36. The molecule has 1 fully saturated rings. The first-order chi connectivity index (χ1) is 9.15. The molecule has 0 bridgehead atoms. The van der Waals surface area contributed by atoms with Crippen molar-refractivity contribution in [2.24, 2.45) is 5.92 Å². The van der Waals surface area contributed by atoms with Gasteiger partial charge in [-0.2, -0.15) is 12.7 Å². The van der Waals surface area contributed by atoms with E-state index in [-0.39, 0.29) is 25.0 Å². The Morgan fingerprint density at radius 2 is 1.85 bits per heavy atom. The minimum absolute atomic E-state index is 0.218. The van der Waals surface area contributed by atoms with E-state index in [0.29, 0.717) is 19.4 Å². The molecule has 0 radical (unpaired) electrons. The topological polar surface area (TPSA) is 84.9 Å². The summed E-state index contributed by atoms with van der Waals surface area (Å²) in [7, 11) is -3.67. The van der Waals surface area contributed by atoms with Crippen LogP contribution in [0.1, 0.15) is 40.5 Å². The molecule has 0 amide bonds. The van der Waals surface area contributed by atoms with Crippen LogP contribution >= 0.6 is 0 Å². The molecule has 8 heteroatoms. The van der Waals surface area contributed by atoms with Crippen LogP contribution in [0.4, 0.5) is 0 Å². The first-order valence-corrected chi connectivity index (χ1v) is 8.21. The van der Waals surface area contributed by atoms with Gasteiger partial charge in [0.05, 0.1) is 18.1 Å². The molecule has 0 atom stereocenters. The number of nitrogens with zero attached hydrogens (tertiary/aromatic N) is 1. The Bertz CT molecular complexity index is 422. The lowest BCUT2D eigenvalue weighted by atomic mass is 9.98. The van der Waals surface area contributed by atoms with Crippen LogP contribution in [0.25, 0.3) is 0 Å². The standard InChI is InChI=1S/C12H24N2O5S/c1-5-18-11(15)10-6-8-14(9-7-10)20(16,17)13-19-12(2,3)4/h10,13H,5-9H2,1-4H3. The summed E-state index contributed by atoms with van der Waals surface area (Å²) in [6.07, 6.45) is 0.935. The Kier molecular flexibility index (Phi) is 5.93. The van der Waals surface area contributed by atoms with Crippen LogP contribution in [0.2, 0.25) is 0 Å². The quantitative estimate of drug-likeness (QED) is 0.600. The summed E-state index contributed by atoms with van der Waals surface area (Å²) >= 11 is 0. The molecular weight excluding hydrogens is 284 g/mol. The Hall–Kier alpha value is -0.700. The van der Waals surface area contributed by atoms with E-state index in [2.05, 4.69) is 4.89 Å². The average molecular weight is 308 g/mol. The summed E-state index contributed by atoms with van der Waals surface area (Å²) < 4.78 is 30.2. The molecule has 1 aliphatic rings. The number of rotatable bonds is 5.